The first-order valence-electron chi connectivity index (χ1n) is 13.1. The lowest BCUT2D eigenvalue weighted by molar-refractivity contribution is -0.192. The van der Waals surface area contributed by atoms with E-state index in [1.165, 1.54) is 31.2 Å². The van der Waals surface area contributed by atoms with Crippen LogP contribution in [0.3, 0.4) is 0 Å². The second-order valence-corrected chi connectivity index (χ2v) is 9.37. The largest absolute Gasteiger partial charge is 0.477 e. The molecule has 1 aromatic carbocycles. The molecular formula is C29H34FNO12. The molecule has 0 aliphatic carbocycles. The number of benzene rings is 1. The minimum Gasteiger partial charge on any atom is -0.477 e. The zero-order valence-electron chi connectivity index (χ0n) is 24.5. The number of carbonyl (C=O) groups excluding carboxylic acids is 6. The van der Waals surface area contributed by atoms with E-state index in [0.29, 0.717) is 5.56 Å². The molecule has 234 valence electrons. The molecule has 0 aromatic heterocycles. The summed E-state index contributed by atoms with van der Waals surface area (Å²) in [6, 6.07) is 4.21. The van der Waals surface area contributed by atoms with Crippen molar-refractivity contribution in [3.8, 4) is 0 Å². The Balaban J connectivity index is 2.74. The third-order valence-electron chi connectivity index (χ3n) is 5.88. The molecule has 1 N–H and O–H groups in total. The molecule has 5 atom stereocenters. The number of halogens is 1. The summed E-state index contributed by atoms with van der Waals surface area (Å²) in [5.74, 6) is -5.76. The number of ether oxygens (including phenoxy) is 6. The number of hydrogen-bond donors (Lipinski definition) is 1. The normalized spacial score (nSPS) is 19.4. The van der Waals surface area contributed by atoms with E-state index in [1.807, 2.05) is 0 Å². The van der Waals surface area contributed by atoms with Gasteiger partial charge in [-0.15, -0.1) is 0 Å². The Morgan fingerprint density at radius 3 is 2.07 bits per heavy atom. The summed E-state index contributed by atoms with van der Waals surface area (Å²) in [5.41, 5.74) is 0.685. The van der Waals surface area contributed by atoms with Crippen molar-refractivity contribution in [3.63, 3.8) is 0 Å². The van der Waals surface area contributed by atoms with Crippen molar-refractivity contribution in [2.45, 2.75) is 71.5 Å². The first-order valence-corrected chi connectivity index (χ1v) is 13.1. The van der Waals surface area contributed by atoms with Gasteiger partial charge in [0, 0.05) is 40.2 Å². The van der Waals surface area contributed by atoms with Gasteiger partial charge in [-0.1, -0.05) is 24.3 Å². The van der Waals surface area contributed by atoms with Crippen LogP contribution in [0.4, 0.5) is 4.39 Å². The molecule has 0 saturated carbocycles. The number of hydrogen-bond acceptors (Lipinski definition) is 12. The maximum Gasteiger partial charge on any atom is 0.373 e. The van der Waals surface area contributed by atoms with Gasteiger partial charge in [-0.3, -0.25) is 24.0 Å². The standard InChI is InChI=1S/C29H34FNO12/c1-15(32)31-24-25(41-18(4)35)22(9-7-8-20-10-12-21(30)13-11-20)26(29(37)38-6)43-28(24)27(42-19(5)36)23(40-17(3)34)14-39-16(2)33/h7-8,10-13,23-25,27-28H,9,14H2,1-6H3,(H,31,32)/b8-7+/t23-,24-,25+,27+,28-/m1/s1. The van der Waals surface area contributed by atoms with Gasteiger partial charge in [-0.25, -0.2) is 9.18 Å². The van der Waals surface area contributed by atoms with Crippen LogP contribution in [0.2, 0.25) is 0 Å². The van der Waals surface area contributed by atoms with E-state index in [-0.39, 0.29) is 12.0 Å². The monoisotopic (exact) mass is 607 g/mol. The predicted molar refractivity (Wildman–Crippen MR) is 145 cm³/mol. The fourth-order valence-electron chi connectivity index (χ4n) is 4.32. The lowest BCUT2D eigenvalue weighted by atomic mass is 9.87. The van der Waals surface area contributed by atoms with Gasteiger partial charge < -0.3 is 33.7 Å². The highest BCUT2D eigenvalue weighted by molar-refractivity contribution is 5.88. The van der Waals surface area contributed by atoms with Gasteiger partial charge in [-0.2, -0.15) is 0 Å². The van der Waals surface area contributed by atoms with Gasteiger partial charge >= 0.3 is 29.8 Å². The average molecular weight is 608 g/mol. The van der Waals surface area contributed by atoms with E-state index in [2.05, 4.69) is 5.32 Å². The second-order valence-electron chi connectivity index (χ2n) is 9.37. The van der Waals surface area contributed by atoms with Gasteiger partial charge in [0.2, 0.25) is 11.7 Å². The van der Waals surface area contributed by atoms with Crippen LogP contribution in [0.25, 0.3) is 6.08 Å². The molecular weight excluding hydrogens is 573 g/mol. The highest BCUT2D eigenvalue weighted by atomic mass is 19.1. The number of allylic oxidation sites excluding steroid dienone is 1. The number of carbonyl (C=O) groups is 6. The third kappa shape index (κ3) is 10.5. The predicted octanol–water partition coefficient (Wildman–Crippen LogP) is 1.92. The Morgan fingerprint density at radius 2 is 1.56 bits per heavy atom. The van der Waals surface area contributed by atoms with E-state index in [0.717, 1.165) is 34.8 Å². The first kappa shape index (κ1) is 34.5. The molecule has 0 spiro atoms. The molecule has 0 radical (unpaired) electrons. The molecule has 0 saturated heterocycles. The van der Waals surface area contributed by atoms with Crippen molar-refractivity contribution in [2.75, 3.05) is 13.7 Å². The molecule has 1 amide bonds. The fraction of sp³-hybridized carbons (Fsp3) is 0.448. The Hall–Kier alpha value is -4.75. The average Bonchev–Trinajstić information content (AvgIpc) is 2.91. The molecule has 0 bridgehead atoms. The van der Waals surface area contributed by atoms with Crippen LogP contribution in [0, 0.1) is 5.82 Å². The SMILES string of the molecule is COC(=O)C1=C(C/C=C/c2ccc(F)cc2)[C@H](OC(C)=O)[C@@H](NC(C)=O)[C@H]([C@@H](OC(C)=O)[C@@H](COC(C)=O)OC(C)=O)O1. The van der Waals surface area contributed by atoms with E-state index in [1.54, 1.807) is 12.2 Å². The molecule has 2 rings (SSSR count). The molecule has 13 nitrogen and oxygen atoms in total. The van der Waals surface area contributed by atoms with Crippen molar-refractivity contribution in [1.82, 2.24) is 5.32 Å². The van der Waals surface area contributed by atoms with Gasteiger partial charge in [-0.05, 0) is 24.1 Å². The molecule has 1 aliphatic rings. The van der Waals surface area contributed by atoms with Crippen molar-refractivity contribution in [3.05, 3.63) is 53.1 Å². The minimum atomic E-state index is -1.60. The Morgan fingerprint density at radius 1 is 0.930 bits per heavy atom. The van der Waals surface area contributed by atoms with Crippen molar-refractivity contribution in [1.29, 1.82) is 0 Å². The van der Waals surface area contributed by atoms with Crippen LogP contribution in [0.15, 0.2) is 41.7 Å². The summed E-state index contributed by atoms with van der Waals surface area (Å²) >= 11 is 0. The van der Waals surface area contributed by atoms with E-state index < -0.39 is 84.4 Å². The summed E-state index contributed by atoms with van der Waals surface area (Å²) < 4.78 is 45.6. The lowest BCUT2D eigenvalue weighted by Crippen LogP contribution is -2.63. The van der Waals surface area contributed by atoms with Crippen molar-refractivity contribution < 1.29 is 61.6 Å². The number of rotatable bonds is 12. The Labute approximate surface area is 247 Å². The summed E-state index contributed by atoms with van der Waals surface area (Å²) in [5, 5.41) is 2.60. The van der Waals surface area contributed by atoms with E-state index in [9.17, 15) is 33.2 Å². The number of nitrogens with one attached hydrogen (secondary N) is 1. The van der Waals surface area contributed by atoms with Crippen LogP contribution in [-0.4, -0.2) is 79.9 Å². The van der Waals surface area contributed by atoms with E-state index >= 15 is 0 Å². The fourth-order valence-corrected chi connectivity index (χ4v) is 4.32. The van der Waals surface area contributed by atoms with Crippen molar-refractivity contribution >= 4 is 41.8 Å². The Kier molecular flexibility index (Phi) is 12.8. The Bertz CT molecular complexity index is 1270. The third-order valence-corrected chi connectivity index (χ3v) is 5.88. The zero-order chi connectivity index (χ0) is 32.3. The van der Waals surface area contributed by atoms with Crippen molar-refractivity contribution in [2.24, 2.45) is 0 Å². The van der Waals surface area contributed by atoms with Crippen LogP contribution in [0.1, 0.15) is 46.6 Å². The molecule has 14 heteroatoms. The minimum absolute atomic E-state index is 0.0704. The van der Waals surface area contributed by atoms with Crippen LogP contribution < -0.4 is 5.32 Å². The maximum absolute atomic E-state index is 13.3. The molecule has 0 unspecified atom stereocenters. The summed E-state index contributed by atoms with van der Waals surface area (Å²) in [4.78, 5) is 73.4. The summed E-state index contributed by atoms with van der Waals surface area (Å²) in [7, 11) is 1.08. The first-order chi connectivity index (χ1) is 20.2. The van der Waals surface area contributed by atoms with Crippen LogP contribution in [-0.2, 0) is 57.2 Å². The van der Waals surface area contributed by atoms with Crippen LogP contribution >= 0.6 is 0 Å². The molecule has 1 heterocycles. The topological polar surface area (TPSA) is 170 Å². The van der Waals surface area contributed by atoms with Gasteiger partial charge in [0.15, 0.2) is 24.4 Å². The lowest BCUT2D eigenvalue weighted by Gasteiger charge is -2.43. The number of methoxy groups -OCH3 is 1. The molecule has 0 fully saturated rings. The quantitative estimate of drug-likeness (QED) is 0.271. The van der Waals surface area contributed by atoms with Gasteiger partial charge in [0.1, 0.15) is 18.5 Å². The smallest absolute Gasteiger partial charge is 0.373 e. The number of amides is 1. The van der Waals surface area contributed by atoms with Crippen LogP contribution in [0.5, 0.6) is 0 Å². The maximum atomic E-state index is 13.3. The second kappa shape index (κ2) is 16.0. The van der Waals surface area contributed by atoms with Gasteiger partial charge in [0.05, 0.1) is 7.11 Å². The summed E-state index contributed by atoms with van der Waals surface area (Å²) in [6.07, 6.45) is -2.91. The number of esters is 5. The molecule has 1 aromatic rings. The van der Waals surface area contributed by atoms with Gasteiger partial charge in [0.25, 0.3) is 0 Å². The summed E-state index contributed by atoms with van der Waals surface area (Å²) in [6.45, 7) is 4.88. The van der Waals surface area contributed by atoms with E-state index in [4.69, 9.17) is 28.4 Å². The molecule has 43 heavy (non-hydrogen) atoms. The molecule has 1 aliphatic heterocycles. The zero-order valence-corrected chi connectivity index (χ0v) is 24.5. The highest BCUT2D eigenvalue weighted by Gasteiger charge is 2.51. The highest BCUT2D eigenvalue weighted by Crippen LogP contribution is 2.34.